The van der Waals surface area contributed by atoms with Crippen molar-refractivity contribution in [2.24, 2.45) is 11.8 Å². The molecule has 1 aromatic heterocycles. The fourth-order valence-corrected chi connectivity index (χ4v) is 3.51. The first-order valence-electron chi connectivity index (χ1n) is 11.4. The standard InChI is InChI=1S/C24H34FN5O5/c1-14(2)11-29(20-21(26)30(12-15(3)4)24(34)27-22(20)32)19(31)13-28(6)23(33)16(5)35-18-9-7-17(25)8-10-18/h7-10,14-16H,11-13,26H2,1-6H3,(H,27,32,34). The summed E-state index contributed by atoms with van der Waals surface area (Å²) in [4.78, 5) is 55.7. The van der Waals surface area contributed by atoms with Gasteiger partial charge in [-0.3, -0.25) is 23.9 Å². The molecule has 0 aliphatic heterocycles. The minimum absolute atomic E-state index is 0.0371. The van der Waals surface area contributed by atoms with E-state index in [1.54, 1.807) is 0 Å². The first kappa shape index (κ1) is 27.6. The summed E-state index contributed by atoms with van der Waals surface area (Å²) in [5, 5.41) is 0. The molecule has 0 saturated heterocycles. The molecule has 1 heterocycles. The second kappa shape index (κ2) is 11.7. The highest BCUT2D eigenvalue weighted by Gasteiger charge is 2.28. The zero-order valence-corrected chi connectivity index (χ0v) is 21.0. The third-order valence-corrected chi connectivity index (χ3v) is 5.10. The number of hydrogen-bond donors (Lipinski definition) is 2. The molecule has 0 fully saturated rings. The highest BCUT2D eigenvalue weighted by molar-refractivity contribution is 5.98. The zero-order chi connectivity index (χ0) is 26.4. The van der Waals surface area contributed by atoms with Crippen molar-refractivity contribution in [1.29, 1.82) is 0 Å². The van der Waals surface area contributed by atoms with Gasteiger partial charge in [0.05, 0.1) is 6.54 Å². The molecule has 192 valence electrons. The van der Waals surface area contributed by atoms with E-state index in [4.69, 9.17) is 10.5 Å². The number of carbonyl (C=O) groups is 2. The molecule has 2 aromatic rings. The minimum Gasteiger partial charge on any atom is -0.481 e. The van der Waals surface area contributed by atoms with Crippen molar-refractivity contribution in [3.63, 3.8) is 0 Å². The predicted molar refractivity (Wildman–Crippen MR) is 132 cm³/mol. The number of halogens is 1. The maximum atomic E-state index is 13.3. The molecule has 0 aliphatic carbocycles. The van der Waals surface area contributed by atoms with Crippen molar-refractivity contribution in [2.45, 2.75) is 47.3 Å². The van der Waals surface area contributed by atoms with Gasteiger partial charge in [0, 0.05) is 20.1 Å². The maximum absolute atomic E-state index is 13.3. The number of nitrogen functional groups attached to an aromatic ring is 1. The van der Waals surface area contributed by atoms with Gasteiger partial charge in [-0.2, -0.15) is 0 Å². The van der Waals surface area contributed by atoms with Crippen molar-refractivity contribution < 1.29 is 18.7 Å². The molecule has 10 nitrogen and oxygen atoms in total. The number of aromatic nitrogens is 2. The van der Waals surface area contributed by atoms with Crippen molar-refractivity contribution in [3.8, 4) is 5.75 Å². The molecule has 1 unspecified atom stereocenters. The Kier molecular flexibility index (Phi) is 9.21. The van der Waals surface area contributed by atoms with Gasteiger partial charge in [-0.25, -0.2) is 9.18 Å². The van der Waals surface area contributed by atoms with Gasteiger partial charge < -0.3 is 20.3 Å². The van der Waals surface area contributed by atoms with Crippen LogP contribution in [0, 0.1) is 17.7 Å². The number of rotatable bonds is 10. The maximum Gasteiger partial charge on any atom is 0.330 e. The van der Waals surface area contributed by atoms with E-state index >= 15 is 0 Å². The van der Waals surface area contributed by atoms with Gasteiger partial charge in [0.15, 0.2) is 11.8 Å². The predicted octanol–water partition coefficient (Wildman–Crippen LogP) is 1.83. The summed E-state index contributed by atoms with van der Waals surface area (Å²) in [6, 6.07) is 5.22. The number of nitrogens with one attached hydrogen (secondary N) is 1. The number of amides is 2. The number of nitrogens with zero attached hydrogens (tertiary/aromatic N) is 3. The Hall–Kier alpha value is -3.63. The number of nitrogens with two attached hydrogens (primary N) is 1. The van der Waals surface area contributed by atoms with E-state index in [1.807, 2.05) is 27.7 Å². The third kappa shape index (κ3) is 7.17. The van der Waals surface area contributed by atoms with Gasteiger partial charge >= 0.3 is 5.69 Å². The van der Waals surface area contributed by atoms with Gasteiger partial charge in [-0.15, -0.1) is 0 Å². The smallest absolute Gasteiger partial charge is 0.330 e. The number of carbonyl (C=O) groups excluding carboxylic acids is 2. The van der Waals surface area contributed by atoms with Crippen molar-refractivity contribution in [2.75, 3.05) is 30.8 Å². The van der Waals surface area contributed by atoms with Crippen molar-refractivity contribution >= 4 is 23.3 Å². The quantitative estimate of drug-likeness (QED) is 0.521. The van der Waals surface area contributed by atoms with E-state index in [0.29, 0.717) is 5.75 Å². The lowest BCUT2D eigenvalue weighted by atomic mass is 10.2. The molecule has 1 aromatic carbocycles. The van der Waals surface area contributed by atoms with E-state index in [0.717, 1.165) is 0 Å². The topological polar surface area (TPSA) is 131 Å². The van der Waals surface area contributed by atoms with Crippen LogP contribution < -0.4 is 26.6 Å². The molecule has 0 bridgehead atoms. The molecule has 35 heavy (non-hydrogen) atoms. The molecule has 1 atom stereocenters. The lowest BCUT2D eigenvalue weighted by Gasteiger charge is -2.29. The Morgan fingerprint density at radius 1 is 1.09 bits per heavy atom. The molecule has 2 amide bonds. The van der Waals surface area contributed by atoms with Gasteiger partial charge in [0.25, 0.3) is 11.5 Å². The molecule has 3 N–H and O–H groups in total. The number of ether oxygens (including phenoxy) is 1. The zero-order valence-electron chi connectivity index (χ0n) is 21.0. The van der Waals surface area contributed by atoms with Crippen LogP contribution >= 0.6 is 0 Å². The Morgan fingerprint density at radius 3 is 2.23 bits per heavy atom. The van der Waals surface area contributed by atoms with E-state index in [9.17, 15) is 23.6 Å². The van der Waals surface area contributed by atoms with Crippen LogP contribution in [0.3, 0.4) is 0 Å². The first-order valence-corrected chi connectivity index (χ1v) is 11.4. The molecule has 2 rings (SSSR count). The van der Waals surface area contributed by atoms with Gasteiger partial charge in [-0.1, -0.05) is 27.7 Å². The third-order valence-electron chi connectivity index (χ3n) is 5.10. The Morgan fingerprint density at radius 2 is 1.69 bits per heavy atom. The van der Waals surface area contributed by atoms with Crippen molar-refractivity contribution in [1.82, 2.24) is 14.5 Å². The van der Waals surface area contributed by atoms with Gasteiger partial charge in [0.1, 0.15) is 17.4 Å². The molecular formula is C24H34FN5O5. The summed E-state index contributed by atoms with van der Waals surface area (Å²) in [6.45, 7) is 9.08. The summed E-state index contributed by atoms with van der Waals surface area (Å²) >= 11 is 0. The van der Waals surface area contributed by atoms with Gasteiger partial charge in [0.2, 0.25) is 5.91 Å². The monoisotopic (exact) mass is 491 g/mol. The van der Waals surface area contributed by atoms with E-state index in [-0.39, 0.29) is 43.0 Å². The minimum atomic E-state index is -0.946. The van der Waals surface area contributed by atoms with E-state index in [2.05, 4.69) is 4.98 Å². The lowest BCUT2D eigenvalue weighted by molar-refractivity contribution is -0.139. The lowest BCUT2D eigenvalue weighted by Crippen LogP contribution is -2.48. The van der Waals surface area contributed by atoms with Crippen LogP contribution in [-0.2, 0) is 16.1 Å². The number of anilines is 2. The molecule has 0 saturated carbocycles. The summed E-state index contributed by atoms with van der Waals surface area (Å²) in [5.41, 5.74) is 4.65. The molecule has 0 radical (unpaired) electrons. The average Bonchev–Trinajstić information content (AvgIpc) is 2.76. The summed E-state index contributed by atoms with van der Waals surface area (Å²) in [5.74, 6) is -1.24. The summed E-state index contributed by atoms with van der Waals surface area (Å²) in [6.07, 6.45) is -0.946. The number of likely N-dealkylation sites (N-methyl/N-ethyl adjacent to an activating group) is 1. The summed E-state index contributed by atoms with van der Waals surface area (Å²) < 4.78 is 19.9. The normalized spacial score (nSPS) is 12.0. The fourth-order valence-electron chi connectivity index (χ4n) is 3.51. The Bertz CT molecular complexity index is 1160. The van der Waals surface area contributed by atoms with Gasteiger partial charge in [-0.05, 0) is 43.0 Å². The molecule has 0 aliphatic rings. The average molecular weight is 492 g/mol. The SMILES string of the molecule is CC(C)CN(C(=O)CN(C)C(=O)C(C)Oc1ccc(F)cc1)c1c(N)n(CC(C)C)c(=O)[nH]c1=O. The largest absolute Gasteiger partial charge is 0.481 e. The fraction of sp³-hybridized carbons (Fsp3) is 0.500. The second-order valence-corrected chi connectivity index (χ2v) is 9.30. The van der Waals surface area contributed by atoms with Crippen LogP contribution in [0.1, 0.15) is 34.6 Å². The number of aromatic amines is 1. The van der Waals surface area contributed by atoms with Crippen molar-refractivity contribution in [3.05, 3.63) is 50.9 Å². The highest BCUT2D eigenvalue weighted by atomic mass is 19.1. The molecular weight excluding hydrogens is 457 g/mol. The van der Waals surface area contributed by atoms with Crippen LogP contribution in [0.2, 0.25) is 0 Å². The van der Waals surface area contributed by atoms with Crippen LogP contribution in [0.4, 0.5) is 15.9 Å². The molecule has 11 heteroatoms. The van der Waals surface area contributed by atoms with E-state index in [1.165, 1.54) is 52.6 Å². The Labute approximate surface area is 203 Å². The number of H-pyrrole nitrogens is 1. The highest BCUT2D eigenvalue weighted by Crippen LogP contribution is 2.20. The summed E-state index contributed by atoms with van der Waals surface area (Å²) in [7, 11) is 1.44. The van der Waals surface area contributed by atoms with Crippen LogP contribution in [0.25, 0.3) is 0 Å². The van der Waals surface area contributed by atoms with Crippen LogP contribution in [-0.4, -0.2) is 52.5 Å². The Balaban J connectivity index is 2.29. The van der Waals surface area contributed by atoms with Crippen LogP contribution in [0.5, 0.6) is 5.75 Å². The second-order valence-electron chi connectivity index (χ2n) is 9.30. The van der Waals surface area contributed by atoms with E-state index < -0.39 is 35.0 Å². The number of benzene rings is 1. The molecule has 0 spiro atoms. The number of hydrogen-bond acceptors (Lipinski definition) is 6. The van der Waals surface area contributed by atoms with Crippen LogP contribution in [0.15, 0.2) is 33.9 Å². The first-order chi connectivity index (χ1) is 16.3.